The second-order valence-corrected chi connectivity index (χ2v) is 9.46. The van der Waals surface area contributed by atoms with E-state index in [0.29, 0.717) is 17.4 Å². The first-order valence-corrected chi connectivity index (χ1v) is 11.4. The van der Waals surface area contributed by atoms with Crippen molar-refractivity contribution in [1.82, 2.24) is 5.32 Å². The van der Waals surface area contributed by atoms with Crippen LogP contribution in [-0.2, 0) is 9.53 Å². The van der Waals surface area contributed by atoms with E-state index in [1.807, 2.05) is 44.2 Å². The van der Waals surface area contributed by atoms with E-state index in [-0.39, 0.29) is 22.3 Å². The lowest BCUT2D eigenvalue weighted by atomic mass is 9.99. The number of nitrogens with one attached hydrogen (secondary N) is 1. The van der Waals surface area contributed by atoms with Crippen LogP contribution in [0.5, 0.6) is 5.75 Å². The molecule has 8 heteroatoms. The molecule has 2 aromatic carbocycles. The Bertz CT molecular complexity index is 1250. The topological polar surface area (TPSA) is 94.8 Å². The van der Waals surface area contributed by atoms with Crippen molar-refractivity contribution in [3.8, 4) is 16.9 Å². The number of fused-ring (bicyclic) bond motifs is 1. The summed E-state index contributed by atoms with van der Waals surface area (Å²) in [5.41, 5.74) is 0.424. The van der Waals surface area contributed by atoms with Crippen molar-refractivity contribution in [1.29, 1.82) is 0 Å². The Labute approximate surface area is 203 Å². The van der Waals surface area contributed by atoms with Gasteiger partial charge in [-0.3, -0.25) is 0 Å². The highest BCUT2D eigenvalue weighted by Gasteiger charge is 2.30. The third-order valence-electron chi connectivity index (χ3n) is 5.23. The highest BCUT2D eigenvalue weighted by Crippen LogP contribution is 2.35. The first-order chi connectivity index (χ1) is 16.0. The van der Waals surface area contributed by atoms with Gasteiger partial charge < -0.3 is 19.2 Å². The molecule has 1 N–H and O–H groups in total. The van der Waals surface area contributed by atoms with E-state index in [1.54, 1.807) is 26.8 Å². The van der Waals surface area contributed by atoms with Crippen LogP contribution in [-0.4, -0.2) is 23.7 Å². The minimum Gasteiger partial charge on any atom is -0.444 e. The Hall–Kier alpha value is -3.32. The molecule has 0 bridgehead atoms. The van der Waals surface area contributed by atoms with E-state index in [1.165, 1.54) is 12.1 Å². The minimum absolute atomic E-state index is 0.0202. The number of alkyl carbamates (subject to hydrolysis) is 1. The van der Waals surface area contributed by atoms with Crippen molar-refractivity contribution in [2.24, 2.45) is 5.92 Å². The van der Waals surface area contributed by atoms with Crippen LogP contribution in [0, 0.1) is 5.92 Å². The van der Waals surface area contributed by atoms with Gasteiger partial charge in [-0.1, -0.05) is 62.2 Å². The molecule has 0 aliphatic heterocycles. The van der Waals surface area contributed by atoms with Crippen LogP contribution in [0.4, 0.5) is 4.79 Å². The van der Waals surface area contributed by atoms with Crippen LogP contribution in [0.2, 0.25) is 5.02 Å². The van der Waals surface area contributed by atoms with Gasteiger partial charge in [0.15, 0.2) is 5.75 Å². The monoisotopic (exact) mass is 485 g/mol. The Kier molecular flexibility index (Phi) is 7.67. The fourth-order valence-corrected chi connectivity index (χ4v) is 3.58. The zero-order valence-electron chi connectivity index (χ0n) is 19.8. The number of carbonyl (C=O) groups excluding carboxylic acids is 2. The standard InChI is InChI=1S/C26H28ClNO6/c1-6-15(2)23(28-25(31)34-26(3,4)5)24(30)33-21-14-20-18(12-19(21)27)17(13-22(29)32-20)16-10-8-7-9-11-16/h7-15,23H,6H2,1-5H3,(H,28,31)/t15-,23+/m0/s1. The summed E-state index contributed by atoms with van der Waals surface area (Å²) in [6.07, 6.45) is -0.117. The molecule has 7 nitrogen and oxygen atoms in total. The molecule has 1 heterocycles. The van der Waals surface area contributed by atoms with Crippen LogP contribution in [0.3, 0.4) is 0 Å². The fraction of sp³-hybridized carbons (Fsp3) is 0.346. The van der Waals surface area contributed by atoms with Crippen molar-refractivity contribution in [3.05, 3.63) is 64.0 Å². The van der Waals surface area contributed by atoms with Crippen LogP contribution in [0.1, 0.15) is 41.0 Å². The van der Waals surface area contributed by atoms with Crippen LogP contribution in [0.15, 0.2) is 57.7 Å². The van der Waals surface area contributed by atoms with E-state index in [0.717, 1.165) is 5.56 Å². The maximum Gasteiger partial charge on any atom is 0.408 e. The van der Waals surface area contributed by atoms with Gasteiger partial charge in [0.05, 0.1) is 5.02 Å². The van der Waals surface area contributed by atoms with Gasteiger partial charge in [0.1, 0.15) is 17.2 Å². The maximum atomic E-state index is 13.0. The average Bonchev–Trinajstić information content (AvgIpc) is 2.76. The Morgan fingerprint density at radius 2 is 1.79 bits per heavy atom. The molecule has 2 atom stereocenters. The molecular weight excluding hydrogens is 458 g/mol. The maximum absolute atomic E-state index is 13.0. The van der Waals surface area contributed by atoms with Crippen LogP contribution in [0.25, 0.3) is 22.1 Å². The predicted molar refractivity (Wildman–Crippen MR) is 131 cm³/mol. The van der Waals surface area contributed by atoms with Crippen LogP contribution >= 0.6 is 11.6 Å². The van der Waals surface area contributed by atoms with Crippen molar-refractivity contribution < 1.29 is 23.5 Å². The lowest BCUT2D eigenvalue weighted by Crippen LogP contribution is -2.48. The van der Waals surface area contributed by atoms with Gasteiger partial charge in [0.2, 0.25) is 0 Å². The molecule has 3 rings (SSSR count). The molecule has 1 amide bonds. The number of benzene rings is 2. The lowest BCUT2D eigenvalue weighted by molar-refractivity contribution is -0.138. The number of hydrogen-bond donors (Lipinski definition) is 1. The SMILES string of the molecule is CC[C@H](C)[C@@H](NC(=O)OC(C)(C)C)C(=O)Oc1cc2oc(=O)cc(-c3ccccc3)c2cc1Cl. The lowest BCUT2D eigenvalue weighted by Gasteiger charge is -2.25. The summed E-state index contributed by atoms with van der Waals surface area (Å²) in [5, 5.41) is 3.35. The highest BCUT2D eigenvalue weighted by molar-refractivity contribution is 6.33. The predicted octanol–water partition coefficient (Wildman–Crippen LogP) is 5.96. The van der Waals surface area contributed by atoms with Gasteiger partial charge in [-0.25, -0.2) is 14.4 Å². The normalized spacial score (nSPS) is 13.2. The first-order valence-electron chi connectivity index (χ1n) is 11.0. The molecule has 0 unspecified atom stereocenters. The van der Waals surface area contributed by atoms with Crippen molar-refractivity contribution >= 4 is 34.6 Å². The summed E-state index contributed by atoms with van der Waals surface area (Å²) in [5.74, 6) is -0.920. The Balaban J connectivity index is 1.93. The second kappa shape index (κ2) is 10.3. The molecule has 1 aromatic heterocycles. The number of ether oxygens (including phenoxy) is 2. The molecule has 34 heavy (non-hydrogen) atoms. The van der Waals surface area contributed by atoms with Gasteiger partial charge >= 0.3 is 17.7 Å². The van der Waals surface area contributed by atoms with E-state index in [9.17, 15) is 14.4 Å². The number of halogens is 1. The molecule has 0 saturated heterocycles. The minimum atomic E-state index is -0.964. The summed E-state index contributed by atoms with van der Waals surface area (Å²) in [6, 6.07) is 12.8. The number of rotatable bonds is 6. The zero-order valence-corrected chi connectivity index (χ0v) is 20.6. The van der Waals surface area contributed by atoms with Crippen molar-refractivity contribution in [3.63, 3.8) is 0 Å². The molecule has 0 spiro atoms. The van der Waals surface area contributed by atoms with E-state index >= 15 is 0 Å². The smallest absolute Gasteiger partial charge is 0.408 e. The van der Waals surface area contributed by atoms with E-state index in [2.05, 4.69) is 5.32 Å². The summed E-state index contributed by atoms with van der Waals surface area (Å²) < 4.78 is 16.2. The molecule has 0 radical (unpaired) electrons. The summed E-state index contributed by atoms with van der Waals surface area (Å²) >= 11 is 6.45. The van der Waals surface area contributed by atoms with Crippen LogP contribution < -0.4 is 15.7 Å². The van der Waals surface area contributed by atoms with Gasteiger partial charge in [0.25, 0.3) is 0 Å². The Morgan fingerprint density at radius 1 is 1.12 bits per heavy atom. The van der Waals surface area contributed by atoms with Gasteiger partial charge in [-0.15, -0.1) is 0 Å². The third kappa shape index (κ3) is 6.17. The molecule has 3 aromatic rings. The molecule has 0 aliphatic carbocycles. The molecule has 0 fully saturated rings. The summed E-state index contributed by atoms with van der Waals surface area (Å²) in [4.78, 5) is 37.5. The molecule has 0 aliphatic rings. The van der Waals surface area contributed by atoms with Crippen molar-refractivity contribution in [2.75, 3.05) is 0 Å². The molecule has 0 saturated carbocycles. The second-order valence-electron chi connectivity index (χ2n) is 9.05. The average molecular weight is 486 g/mol. The molecular formula is C26H28ClNO6. The summed E-state index contributed by atoms with van der Waals surface area (Å²) in [6.45, 7) is 8.90. The van der Waals surface area contributed by atoms with Gasteiger partial charge in [0, 0.05) is 17.5 Å². The summed E-state index contributed by atoms with van der Waals surface area (Å²) in [7, 11) is 0. The number of amides is 1. The van der Waals surface area contributed by atoms with Gasteiger partial charge in [-0.2, -0.15) is 0 Å². The Morgan fingerprint density at radius 3 is 2.41 bits per heavy atom. The van der Waals surface area contributed by atoms with Crippen molar-refractivity contribution in [2.45, 2.75) is 52.7 Å². The van der Waals surface area contributed by atoms with Gasteiger partial charge in [-0.05, 0) is 43.9 Å². The number of carbonyl (C=O) groups is 2. The number of hydrogen-bond acceptors (Lipinski definition) is 6. The van der Waals surface area contributed by atoms with E-state index in [4.69, 9.17) is 25.5 Å². The zero-order chi connectivity index (χ0) is 25.0. The first kappa shape index (κ1) is 25.3. The third-order valence-corrected chi connectivity index (χ3v) is 5.53. The van der Waals surface area contributed by atoms with E-state index < -0.39 is 29.3 Å². The quantitative estimate of drug-likeness (QED) is 0.263. The highest BCUT2D eigenvalue weighted by atomic mass is 35.5. The fourth-order valence-electron chi connectivity index (χ4n) is 3.37. The molecule has 180 valence electrons. The number of esters is 1. The largest absolute Gasteiger partial charge is 0.444 e.